The van der Waals surface area contributed by atoms with E-state index in [4.69, 9.17) is 10.3 Å². The van der Waals surface area contributed by atoms with Crippen LogP contribution in [0.4, 0.5) is 5.82 Å². The summed E-state index contributed by atoms with van der Waals surface area (Å²) in [5.41, 5.74) is 7.35. The van der Waals surface area contributed by atoms with E-state index in [1.54, 1.807) is 12.4 Å². The fourth-order valence-corrected chi connectivity index (χ4v) is 2.30. The first kappa shape index (κ1) is 16.0. The van der Waals surface area contributed by atoms with Gasteiger partial charge in [0.1, 0.15) is 11.6 Å². The molecule has 0 radical (unpaired) electrons. The Morgan fingerprint density at radius 1 is 1.25 bits per heavy atom. The number of rotatable bonds is 6. The predicted molar refractivity (Wildman–Crippen MR) is 89.2 cm³/mol. The average Bonchev–Trinajstić information content (AvgIpc) is 3.04. The summed E-state index contributed by atoms with van der Waals surface area (Å²) in [5, 5.41) is 4.00. The van der Waals surface area contributed by atoms with Crippen LogP contribution >= 0.6 is 0 Å². The van der Waals surface area contributed by atoms with Crippen LogP contribution in [0.15, 0.2) is 35.1 Å². The van der Waals surface area contributed by atoms with Crippen LogP contribution in [0.25, 0.3) is 11.4 Å². The second-order valence-corrected chi connectivity index (χ2v) is 5.41. The molecule has 0 unspecified atom stereocenters. The van der Waals surface area contributed by atoms with Gasteiger partial charge < -0.3 is 15.2 Å². The molecule has 0 aliphatic heterocycles. The van der Waals surface area contributed by atoms with Crippen molar-refractivity contribution in [3.63, 3.8) is 0 Å². The highest BCUT2D eigenvalue weighted by atomic mass is 16.5. The summed E-state index contributed by atoms with van der Waals surface area (Å²) in [4.78, 5) is 19.2. The molecule has 2 N–H and O–H groups in total. The van der Waals surface area contributed by atoms with Crippen molar-refractivity contribution in [3.8, 4) is 11.4 Å². The lowest BCUT2D eigenvalue weighted by Crippen LogP contribution is -2.19. The normalized spacial score (nSPS) is 10.8. The molecule has 0 saturated carbocycles. The van der Waals surface area contributed by atoms with Crippen LogP contribution in [0.2, 0.25) is 0 Å². The number of anilines is 1. The molecule has 0 saturated heterocycles. The van der Waals surface area contributed by atoms with Crippen molar-refractivity contribution in [2.45, 2.75) is 19.9 Å². The number of aryl methyl sites for hydroxylation is 1. The van der Waals surface area contributed by atoms with Crippen molar-refractivity contribution in [3.05, 3.63) is 48.0 Å². The third-order valence-electron chi connectivity index (χ3n) is 3.43. The molecule has 3 aromatic heterocycles. The summed E-state index contributed by atoms with van der Waals surface area (Å²) in [7, 11) is 1.92. The molecule has 0 bridgehead atoms. The Bertz CT molecular complexity index is 803. The Morgan fingerprint density at radius 2 is 2.12 bits per heavy atom. The van der Waals surface area contributed by atoms with E-state index in [1.807, 2.05) is 37.1 Å². The number of nitrogens with zero attached hydrogens (tertiary/aromatic N) is 6. The molecule has 8 heteroatoms. The molecule has 24 heavy (non-hydrogen) atoms. The van der Waals surface area contributed by atoms with E-state index in [-0.39, 0.29) is 0 Å². The molecule has 124 valence electrons. The molecule has 0 fully saturated rings. The molecule has 0 atom stereocenters. The van der Waals surface area contributed by atoms with Crippen molar-refractivity contribution < 1.29 is 4.52 Å². The standard InChI is InChI=1S/C16H19N7O/c1-11-19-13(5-6-17)8-14(20-11)23(2)10-15-21-16(22-24-15)12-4-3-7-18-9-12/h3-4,7-9H,5-6,10,17H2,1-2H3. The smallest absolute Gasteiger partial charge is 0.246 e. The van der Waals surface area contributed by atoms with Gasteiger partial charge in [0.05, 0.1) is 6.54 Å². The monoisotopic (exact) mass is 325 g/mol. The zero-order valence-electron chi connectivity index (χ0n) is 13.7. The summed E-state index contributed by atoms with van der Waals surface area (Å²) in [6.45, 7) is 2.87. The maximum Gasteiger partial charge on any atom is 0.246 e. The van der Waals surface area contributed by atoms with Crippen molar-refractivity contribution in [1.82, 2.24) is 25.1 Å². The first-order valence-corrected chi connectivity index (χ1v) is 7.64. The molecular formula is C16H19N7O. The van der Waals surface area contributed by atoms with Crippen molar-refractivity contribution in [2.75, 3.05) is 18.5 Å². The second kappa shape index (κ2) is 7.14. The van der Waals surface area contributed by atoms with Gasteiger partial charge >= 0.3 is 0 Å². The van der Waals surface area contributed by atoms with E-state index >= 15 is 0 Å². The third kappa shape index (κ3) is 3.72. The summed E-state index contributed by atoms with van der Waals surface area (Å²) in [5.74, 6) is 2.54. The maximum absolute atomic E-state index is 5.61. The second-order valence-electron chi connectivity index (χ2n) is 5.41. The van der Waals surface area contributed by atoms with E-state index in [2.05, 4.69) is 25.1 Å². The van der Waals surface area contributed by atoms with Gasteiger partial charge in [0.25, 0.3) is 0 Å². The fourth-order valence-electron chi connectivity index (χ4n) is 2.30. The van der Waals surface area contributed by atoms with E-state index in [0.29, 0.717) is 30.6 Å². The molecule has 0 aromatic carbocycles. The molecular weight excluding hydrogens is 306 g/mol. The van der Waals surface area contributed by atoms with Crippen LogP contribution in [0.3, 0.4) is 0 Å². The highest BCUT2D eigenvalue weighted by Crippen LogP contribution is 2.17. The summed E-state index contributed by atoms with van der Waals surface area (Å²) in [6, 6.07) is 5.65. The quantitative estimate of drug-likeness (QED) is 0.724. The lowest BCUT2D eigenvalue weighted by Gasteiger charge is -2.16. The Labute approximate surface area is 139 Å². The summed E-state index contributed by atoms with van der Waals surface area (Å²) in [6.07, 6.45) is 4.12. The highest BCUT2D eigenvalue weighted by molar-refractivity contribution is 5.52. The van der Waals surface area contributed by atoms with Crippen LogP contribution < -0.4 is 10.6 Å². The third-order valence-corrected chi connectivity index (χ3v) is 3.43. The molecule has 0 aliphatic carbocycles. The van der Waals surface area contributed by atoms with Crippen molar-refractivity contribution in [1.29, 1.82) is 0 Å². The number of hydrogen-bond acceptors (Lipinski definition) is 8. The molecule has 8 nitrogen and oxygen atoms in total. The van der Waals surface area contributed by atoms with Gasteiger partial charge in [-0.05, 0) is 25.6 Å². The Morgan fingerprint density at radius 3 is 2.88 bits per heavy atom. The number of nitrogens with two attached hydrogens (primary N) is 1. The topological polar surface area (TPSA) is 107 Å². The van der Waals surface area contributed by atoms with E-state index in [9.17, 15) is 0 Å². The van der Waals surface area contributed by atoms with Gasteiger partial charge in [0, 0.05) is 43.2 Å². The van der Waals surface area contributed by atoms with E-state index in [0.717, 1.165) is 23.5 Å². The predicted octanol–water partition coefficient (Wildman–Crippen LogP) is 1.37. The lowest BCUT2D eigenvalue weighted by atomic mass is 10.3. The largest absolute Gasteiger partial charge is 0.350 e. The first-order valence-electron chi connectivity index (χ1n) is 7.64. The first-order chi connectivity index (χ1) is 11.7. The number of pyridine rings is 1. The molecule has 3 heterocycles. The van der Waals surface area contributed by atoms with Crippen LogP contribution in [0.5, 0.6) is 0 Å². The minimum absolute atomic E-state index is 0.450. The SMILES string of the molecule is Cc1nc(CCN)cc(N(C)Cc2nc(-c3cccnc3)no2)n1. The molecule has 0 amide bonds. The van der Waals surface area contributed by atoms with Gasteiger partial charge in [-0.1, -0.05) is 5.16 Å². The van der Waals surface area contributed by atoms with Gasteiger partial charge in [-0.3, -0.25) is 4.98 Å². The zero-order chi connectivity index (χ0) is 16.9. The van der Waals surface area contributed by atoms with Crippen molar-refractivity contribution >= 4 is 5.82 Å². The number of aromatic nitrogens is 5. The van der Waals surface area contributed by atoms with Crippen molar-refractivity contribution in [2.24, 2.45) is 5.73 Å². The van der Waals surface area contributed by atoms with Gasteiger partial charge in [-0.2, -0.15) is 4.98 Å². The van der Waals surface area contributed by atoms with Crippen LogP contribution in [0.1, 0.15) is 17.4 Å². The van der Waals surface area contributed by atoms with E-state index in [1.165, 1.54) is 0 Å². The van der Waals surface area contributed by atoms with Crippen LogP contribution in [0, 0.1) is 6.92 Å². The Kier molecular flexibility index (Phi) is 4.76. The molecule has 3 aromatic rings. The minimum Gasteiger partial charge on any atom is -0.350 e. The number of hydrogen-bond donors (Lipinski definition) is 1. The molecule has 3 rings (SSSR count). The Hall–Kier alpha value is -2.87. The fraction of sp³-hybridized carbons (Fsp3) is 0.312. The maximum atomic E-state index is 5.61. The van der Waals surface area contributed by atoms with E-state index < -0.39 is 0 Å². The summed E-state index contributed by atoms with van der Waals surface area (Å²) < 4.78 is 5.33. The lowest BCUT2D eigenvalue weighted by molar-refractivity contribution is 0.378. The van der Waals surface area contributed by atoms with Gasteiger partial charge in [0.15, 0.2) is 0 Å². The summed E-state index contributed by atoms with van der Waals surface area (Å²) >= 11 is 0. The average molecular weight is 325 g/mol. The van der Waals surface area contributed by atoms with Crippen LogP contribution in [-0.4, -0.2) is 38.7 Å². The molecule has 0 spiro atoms. The zero-order valence-corrected chi connectivity index (χ0v) is 13.7. The van der Waals surface area contributed by atoms with Gasteiger partial charge in [-0.25, -0.2) is 9.97 Å². The highest BCUT2D eigenvalue weighted by Gasteiger charge is 2.13. The minimum atomic E-state index is 0.450. The van der Waals surface area contributed by atoms with Crippen LogP contribution in [-0.2, 0) is 13.0 Å². The van der Waals surface area contributed by atoms with Gasteiger partial charge in [-0.15, -0.1) is 0 Å². The van der Waals surface area contributed by atoms with Gasteiger partial charge in [0.2, 0.25) is 11.7 Å². The molecule has 0 aliphatic rings. The Balaban J connectivity index is 1.75.